The van der Waals surface area contributed by atoms with Crippen LogP contribution in [0.2, 0.25) is 5.02 Å². The van der Waals surface area contributed by atoms with E-state index in [0.29, 0.717) is 12.0 Å². The molecule has 32 heavy (non-hydrogen) atoms. The van der Waals surface area contributed by atoms with Crippen molar-refractivity contribution in [2.75, 3.05) is 19.6 Å². The highest BCUT2D eigenvalue weighted by Gasteiger charge is 2.23. The van der Waals surface area contributed by atoms with E-state index >= 15 is 0 Å². The van der Waals surface area contributed by atoms with Crippen molar-refractivity contribution >= 4 is 47.3 Å². The van der Waals surface area contributed by atoms with Crippen molar-refractivity contribution in [3.63, 3.8) is 0 Å². The molecule has 1 aromatic heterocycles. The second-order valence-corrected chi connectivity index (χ2v) is 9.03. The number of rotatable bonds is 9. The molecule has 1 unspecified atom stereocenters. The molecule has 176 valence electrons. The smallest absolute Gasteiger partial charge is 0.0485 e. The minimum atomic E-state index is 0. The zero-order chi connectivity index (χ0) is 20.8. The third kappa shape index (κ3) is 6.42. The van der Waals surface area contributed by atoms with Crippen LogP contribution in [0.15, 0.2) is 54.7 Å². The summed E-state index contributed by atoms with van der Waals surface area (Å²) >= 11 is 6.39. The highest BCUT2D eigenvalue weighted by Crippen LogP contribution is 2.39. The van der Waals surface area contributed by atoms with Crippen molar-refractivity contribution < 1.29 is 0 Å². The van der Waals surface area contributed by atoms with Gasteiger partial charge in [-0.3, -0.25) is 0 Å². The molecule has 4 rings (SSSR count). The number of nitrogens with two attached hydrogens (primary N) is 1. The summed E-state index contributed by atoms with van der Waals surface area (Å²) in [5.41, 5.74) is 9.76. The van der Waals surface area contributed by atoms with E-state index in [-0.39, 0.29) is 24.8 Å². The molecule has 1 atom stereocenters. The van der Waals surface area contributed by atoms with Gasteiger partial charge in [0.05, 0.1) is 0 Å². The molecule has 1 heterocycles. The van der Waals surface area contributed by atoms with Gasteiger partial charge in [-0.05, 0) is 74.6 Å². The van der Waals surface area contributed by atoms with Gasteiger partial charge in [0.25, 0.3) is 0 Å². The Bertz CT molecular complexity index is 950. The maximum absolute atomic E-state index is 6.39. The van der Waals surface area contributed by atoms with Crippen molar-refractivity contribution in [1.82, 2.24) is 9.88 Å². The van der Waals surface area contributed by atoms with Crippen molar-refractivity contribution in [3.8, 4) is 0 Å². The molecule has 0 spiro atoms. The van der Waals surface area contributed by atoms with Crippen molar-refractivity contribution in [1.29, 1.82) is 0 Å². The first kappa shape index (κ1) is 27.0. The van der Waals surface area contributed by atoms with Crippen molar-refractivity contribution in [3.05, 3.63) is 70.9 Å². The van der Waals surface area contributed by atoms with E-state index in [1.54, 1.807) is 0 Å². The molecule has 1 aliphatic carbocycles. The molecule has 1 saturated carbocycles. The lowest BCUT2D eigenvalue weighted by Crippen LogP contribution is -2.21. The van der Waals surface area contributed by atoms with Gasteiger partial charge in [-0.25, -0.2) is 0 Å². The summed E-state index contributed by atoms with van der Waals surface area (Å²) < 4.78 is 2.57. The largest absolute Gasteiger partial charge is 0.344 e. The Morgan fingerprint density at radius 2 is 1.78 bits per heavy atom. The Hall–Kier alpha value is -1.23. The SMILES string of the molecule is Cl.Cl.NCCCNCCC(c1cccc(Cl)c1)c1cn(C2CCCCC2)c2ccccc12. The van der Waals surface area contributed by atoms with Gasteiger partial charge < -0.3 is 15.6 Å². The number of fused-ring (bicyclic) bond motifs is 1. The van der Waals surface area contributed by atoms with E-state index in [1.165, 1.54) is 54.1 Å². The van der Waals surface area contributed by atoms with Gasteiger partial charge in [0.1, 0.15) is 0 Å². The van der Waals surface area contributed by atoms with Gasteiger partial charge in [-0.15, -0.1) is 24.8 Å². The lowest BCUT2D eigenvalue weighted by molar-refractivity contribution is 0.360. The molecule has 0 saturated heterocycles. The van der Waals surface area contributed by atoms with Crippen LogP contribution in [0.5, 0.6) is 0 Å². The van der Waals surface area contributed by atoms with Crippen LogP contribution in [0.1, 0.15) is 68.0 Å². The zero-order valence-corrected chi connectivity index (χ0v) is 21.0. The highest BCUT2D eigenvalue weighted by atomic mass is 35.5. The van der Waals surface area contributed by atoms with Crippen LogP contribution in [0.25, 0.3) is 10.9 Å². The summed E-state index contributed by atoms with van der Waals surface area (Å²) in [5, 5.41) is 5.76. The number of para-hydroxylation sites is 1. The minimum Gasteiger partial charge on any atom is -0.344 e. The molecule has 0 aliphatic heterocycles. The van der Waals surface area contributed by atoms with Gasteiger partial charge in [-0.1, -0.05) is 61.2 Å². The zero-order valence-electron chi connectivity index (χ0n) is 18.6. The molecule has 2 aromatic carbocycles. The highest BCUT2D eigenvalue weighted by molar-refractivity contribution is 6.30. The number of nitrogens with one attached hydrogen (secondary N) is 1. The average molecular weight is 497 g/mol. The van der Waals surface area contributed by atoms with E-state index in [0.717, 1.165) is 37.5 Å². The predicted octanol–water partition coefficient (Wildman–Crippen LogP) is 7.10. The number of aromatic nitrogens is 1. The normalized spacial score (nSPS) is 15.2. The monoisotopic (exact) mass is 495 g/mol. The Morgan fingerprint density at radius 3 is 2.53 bits per heavy atom. The third-order valence-corrected chi connectivity index (χ3v) is 6.77. The van der Waals surface area contributed by atoms with Gasteiger partial charge in [-0.2, -0.15) is 0 Å². The second kappa shape index (κ2) is 13.5. The van der Waals surface area contributed by atoms with Crippen LogP contribution in [0.3, 0.4) is 0 Å². The molecule has 3 N–H and O–H groups in total. The Labute approximate surface area is 209 Å². The third-order valence-electron chi connectivity index (χ3n) is 6.53. The fourth-order valence-electron chi connectivity index (χ4n) is 4.99. The van der Waals surface area contributed by atoms with Crippen LogP contribution in [0.4, 0.5) is 0 Å². The first-order valence-corrected chi connectivity index (χ1v) is 11.9. The summed E-state index contributed by atoms with van der Waals surface area (Å²) in [5.74, 6) is 0.323. The standard InChI is InChI=1S/C26H34ClN3.2ClH/c27-21-9-6-8-20(18-21)23(14-17-29-16-7-15-28)25-19-30(22-10-2-1-3-11-22)26-13-5-4-12-24(25)26;;/h4-6,8-9,12-13,18-19,22-23,29H,1-3,7,10-11,14-17,28H2;2*1H. The first-order valence-electron chi connectivity index (χ1n) is 11.5. The molecule has 6 heteroatoms. The van der Waals surface area contributed by atoms with Gasteiger partial charge in [0.2, 0.25) is 0 Å². The van der Waals surface area contributed by atoms with Crippen LogP contribution in [-0.4, -0.2) is 24.2 Å². The van der Waals surface area contributed by atoms with E-state index in [2.05, 4.69) is 58.5 Å². The van der Waals surface area contributed by atoms with Crippen LogP contribution in [0, 0.1) is 0 Å². The second-order valence-electron chi connectivity index (χ2n) is 8.59. The number of nitrogens with zero attached hydrogens (tertiary/aromatic N) is 1. The van der Waals surface area contributed by atoms with Crippen LogP contribution < -0.4 is 11.1 Å². The molecular weight excluding hydrogens is 461 g/mol. The maximum Gasteiger partial charge on any atom is 0.0485 e. The molecule has 3 nitrogen and oxygen atoms in total. The van der Waals surface area contributed by atoms with Gasteiger partial charge >= 0.3 is 0 Å². The van der Waals surface area contributed by atoms with Crippen LogP contribution in [-0.2, 0) is 0 Å². The number of hydrogen-bond acceptors (Lipinski definition) is 2. The van der Waals surface area contributed by atoms with E-state index in [1.807, 2.05) is 6.07 Å². The lowest BCUT2D eigenvalue weighted by Gasteiger charge is -2.24. The van der Waals surface area contributed by atoms with Crippen LogP contribution >= 0.6 is 36.4 Å². The minimum absolute atomic E-state index is 0. The van der Waals surface area contributed by atoms with Crippen molar-refractivity contribution in [2.24, 2.45) is 5.73 Å². The van der Waals surface area contributed by atoms with E-state index in [9.17, 15) is 0 Å². The topological polar surface area (TPSA) is 43.0 Å². The molecule has 3 aromatic rings. The maximum atomic E-state index is 6.39. The van der Waals surface area contributed by atoms with E-state index < -0.39 is 0 Å². The average Bonchev–Trinajstić information content (AvgIpc) is 3.16. The molecule has 0 radical (unpaired) electrons. The molecule has 1 fully saturated rings. The summed E-state index contributed by atoms with van der Waals surface area (Å²) in [6.45, 7) is 2.68. The summed E-state index contributed by atoms with van der Waals surface area (Å²) in [4.78, 5) is 0. The summed E-state index contributed by atoms with van der Waals surface area (Å²) in [6, 6.07) is 18.0. The molecule has 0 bridgehead atoms. The Kier molecular flexibility index (Phi) is 11.4. The molecule has 0 amide bonds. The molecule has 1 aliphatic rings. The lowest BCUT2D eigenvalue weighted by atomic mass is 9.88. The number of halogens is 3. The first-order chi connectivity index (χ1) is 14.8. The summed E-state index contributed by atoms with van der Waals surface area (Å²) in [7, 11) is 0. The molecular formula is C26H36Cl3N3. The number of hydrogen-bond donors (Lipinski definition) is 2. The van der Waals surface area contributed by atoms with Gasteiger partial charge in [0.15, 0.2) is 0 Å². The van der Waals surface area contributed by atoms with Crippen molar-refractivity contribution in [2.45, 2.75) is 56.9 Å². The fraction of sp³-hybridized carbons (Fsp3) is 0.462. The Morgan fingerprint density at radius 1 is 1.00 bits per heavy atom. The predicted molar refractivity (Wildman–Crippen MR) is 143 cm³/mol. The fourth-order valence-corrected chi connectivity index (χ4v) is 5.19. The Balaban J connectivity index is 0.00000181. The van der Waals surface area contributed by atoms with Gasteiger partial charge in [0, 0.05) is 34.1 Å². The quantitative estimate of drug-likeness (QED) is 0.310. The summed E-state index contributed by atoms with van der Waals surface area (Å²) in [6.07, 6.45) is 11.2. The number of benzene rings is 2. The van der Waals surface area contributed by atoms with E-state index in [4.69, 9.17) is 17.3 Å².